The Morgan fingerprint density at radius 1 is 0.633 bits per heavy atom. The molecular weight excluding hydrogens is 368 g/mol. The molecule has 0 bridgehead atoms. The van der Waals surface area contributed by atoms with E-state index < -0.39 is 0 Å². The van der Waals surface area contributed by atoms with Gasteiger partial charge in [0.15, 0.2) is 0 Å². The quantitative estimate of drug-likeness (QED) is 0.336. The van der Waals surface area contributed by atoms with Gasteiger partial charge in [-0.2, -0.15) is 0 Å². The van der Waals surface area contributed by atoms with E-state index in [9.17, 15) is 4.79 Å². The number of aromatic nitrogens is 2. The van der Waals surface area contributed by atoms with Gasteiger partial charge in [0, 0.05) is 21.9 Å². The lowest BCUT2D eigenvalue weighted by Gasteiger charge is -2.20. The van der Waals surface area contributed by atoms with Gasteiger partial charge in [-0.1, -0.05) is 78.9 Å². The largest absolute Gasteiger partial charge is 0.287 e. The minimum absolute atomic E-state index is 0.0387. The van der Waals surface area contributed by atoms with Gasteiger partial charge in [0.2, 0.25) is 5.78 Å². The zero-order valence-corrected chi connectivity index (χ0v) is 16.0. The molecule has 3 nitrogen and oxygen atoms in total. The second kappa shape index (κ2) is 6.46. The predicted molar refractivity (Wildman–Crippen MR) is 121 cm³/mol. The van der Waals surface area contributed by atoms with Crippen molar-refractivity contribution in [1.29, 1.82) is 0 Å². The van der Waals surface area contributed by atoms with Crippen LogP contribution in [0.15, 0.2) is 84.9 Å². The van der Waals surface area contributed by atoms with Crippen molar-refractivity contribution in [2.45, 2.75) is 0 Å². The topological polar surface area (TPSA) is 42.9 Å². The van der Waals surface area contributed by atoms with Gasteiger partial charge < -0.3 is 0 Å². The molecule has 0 saturated heterocycles. The summed E-state index contributed by atoms with van der Waals surface area (Å²) in [5.74, 6) is -0.0387. The molecule has 0 atom stereocenters. The first-order valence-corrected chi connectivity index (χ1v) is 9.90. The highest BCUT2D eigenvalue weighted by atomic mass is 16.1. The first kappa shape index (κ1) is 16.8. The van der Waals surface area contributed by atoms with Crippen LogP contribution < -0.4 is 0 Å². The van der Waals surface area contributed by atoms with Gasteiger partial charge >= 0.3 is 0 Å². The van der Waals surface area contributed by atoms with E-state index in [0.29, 0.717) is 11.3 Å². The van der Waals surface area contributed by atoms with Crippen molar-refractivity contribution in [3.8, 4) is 11.3 Å². The van der Waals surface area contributed by atoms with Crippen LogP contribution in [0.5, 0.6) is 0 Å². The van der Waals surface area contributed by atoms with Crippen molar-refractivity contribution in [3.63, 3.8) is 0 Å². The van der Waals surface area contributed by atoms with E-state index in [4.69, 9.17) is 9.97 Å². The van der Waals surface area contributed by atoms with Crippen LogP contribution in [0, 0.1) is 0 Å². The molecule has 3 heteroatoms. The van der Waals surface area contributed by atoms with Gasteiger partial charge in [-0.25, -0.2) is 9.97 Å². The molecule has 0 spiro atoms. The molecule has 3 aromatic carbocycles. The highest BCUT2D eigenvalue weighted by Crippen LogP contribution is 2.40. The van der Waals surface area contributed by atoms with Gasteiger partial charge in [0.05, 0.1) is 16.9 Å². The smallest absolute Gasteiger partial charge is 0.212 e. The highest BCUT2D eigenvalue weighted by molar-refractivity contribution is 6.27. The standard InChI is InChI=1S/C27H16N2O/c30-27-21-12-5-4-11-20(21)25-24-22(19-10-6-7-13-23(19)29-26(24)27)16-18(28-25)15-14-17-8-2-1-3-9-17/h1-16H. The van der Waals surface area contributed by atoms with E-state index in [0.717, 1.165) is 44.2 Å². The minimum atomic E-state index is -0.0387. The summed E-state index contributed by atoms with van der Waals surface area (Å²) >= 11 is 0. The summed E-state index contributed by atoms with van der Waals surface area (Å²) in [5.41, 5.74) is 5.63. The number of carbonyl (C=O) groups excluding carboxylic acids is 1. The van der Waals surface area contributed by atoms with E-state index in [2.05, 4.69) is 30.3 Å². The van der Waals surface area contributed by atoms with Crippen LogP contribution in [0.1, 0.15) is 27.3 Å². The van der Waals surface area contributed by atoms with Gasteiger partial charge in [0.1, 0.15) is 5.69 Å². The monoisotopic (exact) mass is 384 g/mol. The fourth-order valence-corrected chi connectivity index (χ4v) is 4.20. The molecule has 0 unspecified atom stereocenters. The molecule has 2 heterocycles. The van der Waals surface area contributed by atoms with Gasteiger partial charge in [-0.15, -0.1) is 0 Å². The van der Waals surface area contributed by atoms with Crippen molar-refractivity contribution in [2.75, 3.05) is 0 Å². The second-order valence-corrected chi connectivity index (χ2v) is 7.41. The van der Waals surface area contributed by atoms with E-state index in [-0.39, 0.29) is 5.78 Å². The summed E-state index contributed by atoms with van der Waals surface area (Å²) in [7, 11) is 0. The Labute approximate surface area is 173 Å². The van der Waals surface area contributed by atoms with Crippen LogP contribution in [-0.4, -0.2) is 15.8 Å². The van der Waals surface area contributed by atoms with Crippen molar-refractivity contribution >= 4 is 39.6 Å². The zero-order valence-electron chi connectivity index (χ0n) is 16.0. The van der Waals surface area contributed by atoms with Gasteiger partial charge in [-0.05, 0) is 29.2 Å². The molecule has 6 rings (SSSR count). The SMILES string of the molecule is O=C1c2ccccc2-c2nc(C=Cc3ccccc3)cc3c2c1nc1ccccc13. The maximum absolute atomic E-state index is 13.2. The van der Waals surface area contributed by atoms with Crippen molar-refractivity contribution in [2.24, 2.45) is 0 Å². The number of para-hydroxylation sites is 1. The Kier molecular flexibility index (Phi) is 3.62. The Balaban J connectivity index is 1.70. The van der Waals surface area contributed by atoms with E-state index >= 15 is 0 Å². The fourth-order valence-electron chi connectivity index (χ4n) is 4.20. The number of nitrogens with zero attached hydrogens (tertiary/aromatic N) is 2. The lowest BCUT2D eigenvalue weighted by atomic mass is 9.87. The zero-order chi connectivity index (χ0) is 20.1. The third-order valence-corrected chi connectivity index (χ3v) is 5.59. The average Bonchev–Trinajstić information content (AvgIpc) is 2.81. The first-order valence-electron chi connectivity index (χ1n) is 9.90. The van der Waals surface area contributed by atoms with Crippen molar-refractivity contribution in [1.82, 2.24) is 9.97 Å². The Bertz CT molecular complexity index is 1500. The molecule has 0 fully saturated rings. The molecule has 0 amide bonds. The van der Waals surface area contributed by atoms with Crippen LogP contribution in [0.25, 0.3) is 45.1 Å². The summed E-state index contributed by atoms with van der Waals surface area (Å²) in [6, 6.07) is 27.9. The number of rotatable bonds is 2. The summed E-state index contributed by atoms with van der Waals surface area (Å²) in [6.07, 6.45) is 4.09. The number of ketones is 1. The Morgan fingerprint density at radius 3 is 2.23 bits per heavy atom. The summed E-state index contributed by atoms with van der Waals surface area (Å²) in [6.45, 7) is 0. The summed E-state index contributed by atoms with van der Waals surface area (Å²) in [4.78, 5) is 22.9. The van der Waals surface area contributed by atoms with E-state index in [1.165, 1.54) is 0 Å². The number of hydrogen-bond donors (Lipinski definition) is 0. The normalized spacial score (nSPS) is 12.6. The molecule has 1 aliphatic carbocycles. The van der Waals surface area contributed by atoms with E-state index in [1.807, 2.05) is 66.7 Å². The van der Waals surface area contributed by atoms with Crippen LogP contribution in [0.4, 0.5) is 0 Å². The fraction of sp³-hybridized carbons (Fsp3) is 0. The molecule has 0 N–H and O–H groups in total. The van der Waals surface area contributed by atoms with Crippen molar-refractivity contribution < 1.29 is 4.79 Å². The number of carbonyl (C=O) groups is 1. The lowest BCUT2D eigenvalue weighted by Crippen LogP contribution is -2.13. The third kappa shape index (κ3) is 2.49. The number of benzene rings is 3. The molecule has 0 aliphatic heterocycles. The Morgan fingerprint density at radius 2 is 1.37 bits per heavy atom. The summed E-state index contributed by atoms with van der Waals surface area (Å²) < 4.78 is 0. The van der Waals surface area contributed by atoms with Gasteiger partial charge in [0.25, 0.3) is 0 Å². The third-order valence-electron chi connectivity index (χ3n) is 5.59. The molecule has 1 aliphatic rings. The van der Waals surface area contributed by atoms with Crippen LogP contribution in [-0.2, 0) is 0 Å². The molecule has 2 aromatic heterocycles. The molecule has 5 aromatic rings. The first-order chi connectivity index (χ1) is 14.8. The van der Waals surface area contributed by atoms with Crippen LogP contribution in [0.2, 0.25) is 0 Å². The maximum Gasteiger partial charge on any atom is 0.212 e. The Hall–Kier alpha value is -4.11. The maximum atomic E-state index is 13.2. The number of pyridine rings is 2. The van der Waals surface area contributed by atoms with Gasteiger partial charge in [-0.3, -0.25) is 4.79 Å². The van der Waals surface area contributed by atoms with Crippen LogP contribution >= 0.6 is 0 Å². The molecule has 30 heavy (non-hydrogen) atoms. The highest BCUT2D eigenvalue weighted by Gasteiger charge is 2.28. The minimum Gasteiger partial charge on any atom is -0.287 e. The average molecular weight is 384 g/mol. The lowest BCUT2D eigenvalue weighted by molar-refractivity contribution is 0.103. The predicted octanol–water partition coefficient (Wildman–Crippen LogP) is 6.16. The summed E-state index contributed by atoms with van der Waals surface area (Å²) in [5, 5.41) is 2.88. The molecule has 140 valence electrons. The number of hydrogen-bond acceptors (Lipinski definition) is 3. The van der Waals surface area contributed by atoms with Crippen molar-refractivity contribution in [3.05, 3.63) is 107 Å². The second-order valence-electron chi connectivity index (χ2n) is 7.41. The molecule has 0 saturated carbocycles. The van der Waals surface area contributed by atoms with E-state index in [1.54, 1.807) is 0 Å². The molecular formula is C27H16N2O. The molecule has 0 radical (unpaired) electrons. The number of fused-ring (bicyclic) bond motifs is 4. The van der Waals surface area contributed by atoms with Crippen LogP contribution in [0.3, 0.4) is 0 Å².